The van der Waals surface area contributed by atoms with E-state index in [0.29, 0.717) is 17.3 Å². The van der Waals surface area contributed by atoms with E-state index in [1.807, 2.05) is 12.1 Å². The van der Waals surface area contributed by atoms with Crippen LogP contribution in [0.2, 0.25) is 0 Å². The number of piperidine rings is 1. The highest BCUT2D eigenvalue weighted by Crippen LogP contribution is 2.28. The molecule has 0 bridgehead atoms. The lowest BCUT2D eigenvalue weighted by Crippen LogP contribution is -2.62. The molecule has 1 aromatic carbocycles. The monoisotopic (exact) mass is 342 g/mol. The first-order valence-electron chi connectivity index (χ1n) is 8.65. The lowest BCUT2D eigenvalue weighted by Gasteiger charge is -2.46. The van der Waals surface area contributed by atoms with E-state index in [-0.39, 0.29) is 23.0 Å². The van der Waals surface area contributed by atoms with Gasteiger partial charge in [-0.25, -0.2) is 0 Å². The van der Waals surface area contributed by atoms with Gasteiger partial charge in [-0.1, -0.05) is 5.16 Å². The smallest absolute Gasteiger partial charge is 0.257 e. The lowest BCUT2D eigenvalue weighted by molar-refractivity contribution is 0.0873. The first-order chi connectivity index (χ1) is 11.6. The fourth-order valence-electron chi connectivity index (χ4n) is 3.87. The molecule has 1 aliphatic rings. The van der Waals surface area contributed by atoms with Crippen molar-refractivity contribution in [3.8, 4) is 11.5 Å². The normalized spacial score (nSPS) is 19.6. The molecule has 0 atom stereocenters. The van der Waals surface area contributed by atoms with Gasteiger partial charge in [0.1, 0.15) is 0 Å². The minimum absolute atomic E-state index is 0.000625. The minimum atomic E-state index is -0.0493. The molecule has 2 N–H and O–H groups in total. The molecule has 2 heterocycles. The predicted molar refractivity (Wildman–Crippen MR) is 96.3 cm³/mol. The quantitative estimate of drug-likeness (QED) is 0.896. The van der Waals surface area contributed by atoms with Crippen LogP contribution in [0.4, 0.5) is 0 Å². The summed E-state index contributed by atoms with van der Waals surface area (Å²) < 4.78 is 5.15. The Labute approximate surface area is 148 Å². The SMILES string of the molecule is Cc1noc(-c2ccc(C(=O)NC3CC(C)(C)NC(C)(C)C3)cc2)n1. The van der Waals surface area contributed by atoms with Crippen molar-refractivity contribution in [1.29, 1.82) is 0 Å². The second-order valence-corrected chi connectivity index (χ2v) is 8.20. The standard InChI is InChI=1S/C19H26N4O2/c1-12-20-17(25-22-12)14-8-6-13(7-9-14)16(24)21-15-10-18(2,3)23-19(4,5)11-15/h6-9,15,23H,10-11H2,1-5H3,(H,21,24). The predicted octanol–water partition coefficient (Wildman–Crippen LogP) is 3.08. The van der Waals surface area contributed by atoms with Crippen LogP contribution in [0.3, 0.4) is 0 Å². The maximum Gasteiger partial charge on any atom is 0.257 e. The lowest BCUT2D eigenvalue weighted by atomic mass is 9.79. The van der Waals surface area contributed by atoms with Crippen molar-refractivity contribution < 1.29 is 9.32 Å². The molecule has 1 amide bonds. The van der Waals surface area contributed by atoms with E-state index < -0.39 is 0 Å². The highest BCUT2D eigenvalue weighted by molar-refractivity contribution is 5.94. The number of nitrogens with zero attached hydrogens (tertiary/aromatic N) is 2. The van der Waals surface area contributed by atoms with E-state index in [2.05, 4.69) is 48.5 Å². The average molecular weight is 342 g/mol. The van der Waals surface area contributed by atoms with Gasteiger partial charge in [0.25, 0.3) is 11.8 Å². The summed E-state index contributed by atoms with van der Waals surface area (Å²) in [5, 5.41) is 10.6. The molecule has 134 valence electrons. The van der Waals surface area contributed by atoms with Gasteiger partial charge in [0, 0.05) is 28.2 Å². The maximum atomic E-state index is 12.6. The summed E-state index contributed by atoms with van der Waals surface area (Å²) in [6.07, 6.45) is 1.81. The Kier molecular flexibility index (Phi) is 4.41. The number of amides is 1. The summed E-state index contributed by atoms with van der Waals surface area (Å²) in [5.41, 5.74) is 1.44. The van der Waals surface area contributed by atoms with Gasteiger partial charge in [-0.2, -0.15) is 4.98 Å². The molecule has 0 spiro atoms. The summed E-state index contributed by atoms with van der Waals surface area (Å²) in [5.74, 6) is 1.01. The Hall–Kier alpha value is -2.21. The molecule has 2 aromatic rings. The van der Waals surface area contributed by atoms with E-state index in [1.165, 1.54) is 0 Å². The number of nitrogens with one attached hydrogen (secondary N) is 2. The molecular formula is C19H26N4O2. The van der Waals surface area contributed by atoms with E-state index in [4.69, 9.17) is 4.52 Å². The van der Waals surface area contributed by atoms with Crippen molar-refractivity contribution in [2.24, 2.45) is 0 Å². The van der Waals surface area contributed by atoms with Crippen LogP contribution < -0.4 is 10.6 Å². The van der Waals surface area contributed by atoms with Crippen LogP contribution in [-0.2, 0) is 0 Å². The van der Waals surface area contributed by atoms with Crippen LogP contribution in [0.25, 0.3) is 11.5 Å². The Morgan fingerprint density at radius 2 is 1.76 bits per heavy atom. The third-order valence-electron chi connectivity index (χ3n) is 4.45. The van der Waals surface area contributed by atoms with Crippen molar-refractivity contribution in [2.75, 3.05) is 0 Å². The number of benzene rings is 1. The van der Waals surface area contributed by atoms with E-state index >= 15 is 0 Å². The summed E-state index contributed by atoms with van der Waals surface area (Å²) in [6.45, 7) is 10.5. The second kappa shape index (κ2) is 6.26. The van der Waals surface area contributed by atoms with Gasteiger partial charge in [-0.15, -0.1) is 0 Å². The van der Waals surface area contributed by atoms with Crippen LogP contribution in [0.5, 0.6) is 0 Å². The fraction of sp³-hybridized carbons (Fsp3) is 0.526. The Balaban J connectivity index is 1.69. The molecule has 6 heteroatoms. The van der Waals surface area contributed by atoms with Gasteiger partial charge in [0.05, 0.1) is 0 Å². The number of aryl methyl sites for hydroxylation is 1. The van der Waals surface area contributed by atoms with Crippen molar-refractivity contribution in [3.63, 3.8) is 0 Å². The molecule has 0 unspecified atom stereocenters. The summed E-state index contributed by atoms with van der Waals surface area (Å²) >= 11 is 0. The summed E-state index contributed by atoms with van der Waals surface area (Å²) in [4.78, 5) is 16.8. The molecule has 25 heavy (non-hydrogen) atoms. The average Bonchev–Trinajstić information content (AvgIpc) is 2.90. The first-order valence-corrected chi connectivity index (χ1v) is 8.65. The molecule has 0 saturated carbocycles. The molecule has 6 nitrogen and oxygen atoms in total. The third-order valence-corrected chi connectivity index (χ3v) is 4.45. The largest absolute Gasteiger partial charge is 0.349 e. The van der Waals surface area contributed by atoms with Gasteiger partial charge < -0.3 is 15.2 Å². The topological polar surface area (TPSA) is 80.0 Å². The Morgan fingerprint density at radius 3 is 2.28 bits per heavy atom. The van der Waals surface area contributed by atoms with E-state index in [0.717, 1.165) is 18.4 Å². The number of carbonyl (C=O) groups excluding carboxylic acids is 1. The van der Waals surface area contributed by atoms with Gasteiger partial charge in [0.2, 0.25) is 0 Å². The molecule has 1 saturated heterocycles. The van der Waals surface area contributed by atoms with Crippen molar-refractivity contribution in [1.82, 2.24) is 20.8 Å². The fourth-order valence-corrected chi connectivity index (χ4v) is 3.87. The number of hydrogen-bond acceptors (Lipinski definition) is 5. The van der Waals surface area contributed by atoms with E-state index in [1.54, 1.807) is 19.1 Å². The molecule has 1 fully saturated rings. The molecule has 0 radical (unpaired) electrons. The summed E-state index contributed by atoms with van der Waals surface area (Å²) in [7, 11) is 0. The highest BCUT2D eigenvalue weighted by atomic mass is 16.5. The summed E-state index contributed by atoms with van der Waals surface area (Å²) in [6, 6.07) is 7.40. The van der Waals surface area contributed by atoms with Crippen LogP contribution in [0.1, 0.15) is 56.7 Å². The van der Waals surface area contributed by atoms with Crippen LogP contribution in [-0.4, -0.2) is 33.2 Å². The van der Waals surface area contributed by atoms with Gasteiger partial charge in [-0.3, -0.25) is 4.79 Å². The zero-order valence-electron chi connectivity index (χ0n) is 15.5. The highest BCUT2D eigenvalue weighted by Gasteiger charge is 2.38. The van der Waals surface area contributed by atoms with Crippen LogP contribution in [0.15, 0.2) is 28.8 Å². The molecule has 3 rings (SSSR count). The van der Waals surface area contributed by atoms with Crippen molar-refractivity contribution in [2.45, 2.75) is 64.6 Å². The number of aromatic nitrogens is 2. The van der Waals surface area contributed by atoms with Gasteiger partial charge in [-0.05, 0) is 71.7 Å². The van der Waals surface area contributed by atoms with Crippen molar-refractivity contribution >= 4 is 5.91 Å². The second-order valence-electron chi connectivity index (χ2n) is 8.20. The Morgan fingerprint density at radius 1 is 1.16 bits per heavy atom. The Bertz CT molecular complexity index is 746. The zero-order valence-corrected chi connectivity index (χ0v) is 15.5. The van der Waals surface area contributed by atoms with Crippen molar-refractivity contribution in [3.05, 3.63) is 35.7 Å². The molecule has 1 aromatic heterocycles. The van der Waals surface area contributed by atoms with E-state index in [9.17, 15) is 4.79 Å². The third kappa shape index (κ3) is 4.25. The molecule has 1 aliphatic heterocycles. The first kappa shape index (κ1) is 17.6. The number of rotatable bonds is 3. The molecular weight excluding hydrogens is 316 g/mol. The minimum Gasteiger partial charge on any atom is -0.349 e. The maximum absolute atomic E-state index is 12.6. The zero-order chi connectivity index (χ0) is 18.2. The van der Waals surface area contributed by atoms with Crippen LogP contribution in [0, 0.1) is 6.92 Å². The molecule has 0 aliphatic carbocycles. The number of hydrogen-bond donors (Lipinski definition) is 2. The number of carbonyl (C=O) groups is 1. The van der Waals surface area contributed by atoms with Gasteiger partial charge in [0.15, 0.2) is 5.82 Å². The van der Waals surface area contributed by atoms with Gasteiger partial charge >= 0.3 is 0 Å². The van der Waals surface area contributed by atoms with Crippen LogP contribution >= 0.6 is 0 Å².